The summed E-state index contributed by atoms with van der Waals surface area (Å²) in [5, 5.41) is 4.40. The summed E-state index contributed by atoms with van der Waals surface area (Å²) in [4.78, 5) is 2.34. The molecule has 1 aliphatic rings. The number of nitrogens with zero attached hydrogens (tertiary/aromatic N) is 3. The topological polar surface area (TPSA) is 47.1 Å². The maximum atomic E-state index is 13.8. The van der Waals surface area contributed by atoms with Gasteiger partial charge in [-0.3, -0.25) is 4.90 Å². The Labute approximate surface area is 140 Å². The number of halogens is 3. The molecule has 2 aromatic rings. The van der Waals surface area contributed by atoms with E-state index in [1.807, 2.05) is 6.07 Å². The van der Waals surface area contributed by atoms with Crippen molar-refractivity contribution in [3.8, 4) is 5.69 Å². The molecule has 0 amide bonds. The second-order valence-electron chi connectivity index (χ2n) is 5.96. The van der Waals surface area contributed by atoms with Gasteiger partial charge in [0.1, 0.15) is 11.5 Å². The van der Waals surface area contributed by atoms with E-state index in [9.17, 15) is 8.78 Å². The Balaban J connectivity index is 0.00000192. The van der Waals surface area contributed by atoms with Gasteiger partial charge in [0.25, 0.3) is 0 Å². The summed E-state index contributed by atoms with van der Waals surface area (Å²) in [6.45, 7) is 4.57. The van der Waals surface area contributed by atoms with E-state index < -0.39 is 11.6 Å². The van der Waals surface area contributed by atoms with Gasteiger partial charge in [0.05, 0.1) is 5.69 Å². The van der Waals surface area contributed by atoms with E-state index in [-0.39, 0.29) is 18.1 Å². The Morgan fingerprint density at radius 1 is 1.30 bits per heavy atom. The molecule has 23 heavy (non-hydrogen) atoms. The third-order valence-corrected chi connectivity index (χ3v) is 4.29. The summed E-state index contributed by atoms with van der Waals surface area (Å²) in [6.07, 6.45) is 2.80. The van der Waals surface area contributed by atoms with Crippen LogP contribution in [-0.4, -0.2) is 33.8 Å². The summed E-state index contributed by atoms with van der Waals surface area (Å²) >= 11 is 0. The van der Waals surface area contributed by atoms with Crippen molar-refractivity contribution in [2.24, 2.45) is 11.7 Å². The second-order valence-corrected chi connectivity index (χ2v) is 5.96. The van der Waals surface area contributed by atoms with Crippen LogP contribution in [0, 0.1) is 17.6 Å². The Morgan fingerprint density at radius 2 is 2.09 bits per heavy atom. The van der Waals surface area contributed by atoms with E-state index in [2.05, 4.69) is 16.9 Å². The van der Waals surface area contributed by atoms with Crippen molar-refractivity contribution in [1.29, 1.82) is 0 Å². The van der Waals surface area contributed by atoms with E-state index in [1.165, 1.54) is 16.8 Å². The number of hydrogen-bond donors (Lipinski definition) is 1. The molecule has 0 spiro atoms. The predicted molar refractivity (Wildman–Crippen MR) is 87.8 cm³/mol. The fourth-order valence-electron chi connectivity index (χ4n) is 3.06. The Morgan fingerprint density at radius 3 is 2.74 bits per heavy atom. The highest BCUT2D eigenvalue weighted by Crippen LogP contribution is 2.24. The van der Waals surface area contributed by atoms with Gasteiger partial charge >= 0.3 is 0 Å². The fraction of sp³-hybridized carbons (Fsp3) is 0.438. The average Bonchev–Trinajstić information content (AvgIpc) is 3.07. The van der Waals surface area contributed by atoms with Crippen molar-refractivity contribution in [3.05, 3.63) is 47.8 Å². The van der Waals surface area contributed by atoms with E-state index in [1.54, 1.807) is 6.20 Å². The van der Waals surface area contributed by atoms with Crippen molar-refractivity contribution in [2.75, 3.05) is 13.1 Å². The van der Waals surface area contributed by atoms with Gasteiger partial charge < -0.3 is 5.73 Å². The predicted octanol–water partition coefficient (Wildman–Crippen LogP) is 2.74. The zero-order chi connectivity index (χ0) is 15.7. The number of nitrogens with two attached hydrogens (primary N) is 1. The van der Waals surface area contributed by atoms with Gasteiger partial charge in [0.15, 0.2) is 5.82 Å². The highest BCUT2D eigenvalue weighted by atomic mass is 35.5. The van der Waals surface area contributed by atoms with Crippen LogP contribution < -0.4 is 5.73 Å². The average molecular weight is 343 g/mol. The molecule has 0 bridgehead atoms. The van der Waals surface area contributed by atoms with Crippen molar-refractivity contribution < 1.29 is 8.78 Å². The first-order valence-electron chi connectivity index (χ1n) is 7.51. The third kappa shape index (κ3) is 3.88. The van der Waals surface area contributed by atoms with Gasteiger partial charge in [-0.05, 0) is 44.0 Å². The number of likely N-dealkylation sites (tertiary alicyclic amines) is 1. The third-order valence-electron chi connectivity index (χ3n) is 4.29. The molecule has 1 aliphatic heterocycles. The van der Waals surface area contributed by atoms with Crippen molar-refractivity contribution in [3.63, 3.8) is 0 Å². The standard InChI is InChI=1S/C16H20F2N4.ClH/c1-11-6-12(8-19)9-21(11)10-14-4-5-22(20-14)16-3-2-13(17)7-15(16)18;/h2-5,7,11-12H,6,8-10,19H2,1H3;1H. The van der Waals surface area contributed by atoms with Crippen LogP contribution in [-0.2, 0) is 6.54 Å². The lowest BCUT2D eigenvalue weighted by molar-refractivity contribution is 0.252. The minimum Gasteiger partial charge on any atom is -0.330 e. The molecule has 1 aromatic heterocycles. The number of benzene rings is 1. The molecule has 2 atom stereocenters. The summed E-state index contributed by atoms with van der Waals surface area (Å²) in [7, 11) is 0. The van der Waals surface area contributed by atoms with E-state index in [0.29, 0.717) is 25.0 Å². The zero-order valence-electron chi connectivity index (χ0n) is 13.0. The van der Waals surface area contributed by atoms with Crippen molar-refractivity contribution in [2.45, 2.75) is 25.9 Å². The molecule has 2 unspecified atom stereocenters. The van der Waals surface area contributed by atoms with E-state index >= 15 is 0 Å². The van der Waals surface area contributed by atoms with Crippen LogP contribution in [0.15, 0.2) is 30.5 Å². The molecule has 4 nitrogen and oxygen atoms in total. The molecule has 1 saturated heterocycles. The highest BCUT2D eigenvalue weighted by molar-refractivity contribution is 5.85. The SMILES string of the molecule is CC1CC(CN)CN1Cc1ccn(-c2ccc(F)cc2F)n1.Cl. The number of rotatable bonds is 4. The molecule has 126 valence electrons. The Bertz CT molecular complexity index is 661. The molecule has 1 fully saturated rings. The van der Waals surface area contributed by atoms with Gasteiger partial charge in [-0.2, -0.15) is 5.10 Å². The lowest BCUT2D eigenvalue weighted by atomic mass is 10.1. The normalized spacial score (nSPS) is 21.4. The van der Waals surface area contributed by atoms with Gasteiger partial charge in [0, 0.05) is 31.4 Å². The molecule has 3 rings (SSSR count). The molecular formula is C16H21ClF2N4. The van der Waals surface area contributed by atoms with Crippen LogP contribution in [0.2, 0.25) is 0 Å². The summed E-state index contributed by atoms with van der Waals surface area (Å²) in [5.41, 5.74) is 6.86. The second kappa shape index (κ2) is 7.38. The molecule has 0 radical (unpaired) electrons. The number of hydrogen-bond acceptors (Lipinski definition) is 3. The summed E-state index contributed by atoms with van der Waals surface area (Å²) < 4.78 is 28.2. The lowest BCUT2D eigenvalue weighted by Gasteiger charge is -2.19. The molecule has 7 heteroatoms. The fourth-order valence-corrected chi connectivity index (χ4v) is 3.06. The largest absolute Gasteiger partial charge is 0.330 e. The highest BCUT2D eigenvalue weighted by Gasteiger charge is 2.28. The molecular weight excluding hydrogens is 322 g/mol. The van der Waals surface area contributed by atoms with E-state index in [4.69, 9.17) is 5.73 Å². The number of aromatic nitrogens is 2. The molecule has 0 aliphatic carbocycles. The zero-order valence-corrected chi connectivity index (χ0v) is 13.8. The quantitative estimate of drug-likeness (QED) is 0.929. The molecule has 2 N–H and O–H groups in total. The van der Waals surface area contributed by atoms with Gasteiger partial charge in [-0.15, -0.1) is 12.4 Å². The molecule has 1 aromatic carbocycles. The first kappa shape index (κ1) is 17.8. The monoisotopic (exact) mass is 342 g/mol. The molecule has 0 saturated carbocycles. The van der Waals surface area contributed by atoms with Crippen LogP contribution in [0.5, 0.6) is 0 Å². The first-order valence-corrected chi connectivity index (χ1v) is 7.51. The van der Waals surface area contributed by atoms with Crippen molar-refractivity contribution in [1.82, 2.24) is 14.7 Å². The van der Waals surface area contributed by atoms with Gasteiger partial charge in [-0.25, -0.2) is 13.5 Å². The maximum absolute atomic E-state index is 13.8. The minimum atomic E-state index is -0.618. The maximum Gasteiger partial charge on any atom is 0.151 e. The smallest absolute Gasteiger partial charge is 0.151 e. The van der Waals surface area contributed by atoms with Crippen LogP contribution in [0.3, 0.4) is 0 Å². The van der Waals surface area contributed by atoms with Gasteiger partial charge in [0.2, 0.25) is 0 Å². The summed E-state index contributed by atoms with van der Waals surface area (Å²) in [6, 6.07) is 5.83. The molecule has 2 heterocycles. The minimum absolute atomic E-state index is 0. The van der Waals surface area contributed by atoms with E-state index in [0.717, 1.165) is 24.7 Å². The Hall–Kier alpha value is -1.50. The van der Waals surface area contributed by atoms with Crippen LogP contribution in [0.25, 0.3) is 5.69 Å². The lowest BCUT2D eigenvalue weighted by Crippen LogP contribution is -2.27. The van der Waals surface area contributed by atoms with Crippen molar-refractivity contribution >= 4 is 12.4 Å². The first-order chi connectivity index (χ1) is 10.6. The van der Waals surface area contributed by atoms with Gasteiger partial charge in [-0.1, -0.05) is 0 Å². The van der Waals surface area contributed by atoms with Crippen LogP contribution >= 0.6 is 12.4 Å². The summed E-state index contributed by atoms with van der Waals surface area (Å²) in [5.74, 6) is -0.675. The van der Waals surface area contributed by atoms with Crippen LogP contribution in [0.4, 0.5) is 8.78 Å². The Kier molecular flexibility index (Phi) is 5.73. The van der Waals surface area contributed by atoms with Crippen LogP contribution in [0.1, 0.15) is 19.0 Å².